The van der Waals surface area contributed by atoms with Gasteiger partial charge in [-0.3, -0.25) is 4.98 Å². The zero-order chi connectivity index (χ0) is 10.5. The van der Waals surface area contributed by atoms with Gasteiger partial charge in [0.05, 0.1) is 11.2 Å². The van der Waals surface area contributed by atoms with Gasteiger partial charge >= 0.3 is 0 Å². The number of anilines is 1. The Morgan fingerprint density at radius 3 is 3.00 bits per heavy atom. The number of pyridine rings is 1. The average Bonchev–Trinajstić information content (AvgIpc) is 2.31. The van der Waals surface area contributed by atoms with Crippen molar-refractivity contribution in [3.63, 3.8) is 0 Å². The van der Waals surface area contributed by atoms with E-state index in [1.54, 1.807) is 12.4 Å². The molecule has 2 heterocycles. The van der Waals surface area contributed by atoms with Crippen molar-refractivity contribution in [2.24, 2.45) is 0 Å². The van der Waals surface area contributed by atoms with Crippen LogP contribution in [0.25, 0.3) is 11.3 Å². The summed E-state index contributed by atoms with van der Waals surface area (Å²) < 4.78 is 0. The highest BCUT2D eigenvalue weighted by Gasteiger charge is 2.00. The molecule has 0 aliphatic heterocycles. The van der Waals surface area contributed by atoms with Crippen LogP contribution in [0, 0.1) is 0 Å². The summed E-state index contributed by atoms with van der Waals surface area (Å²) in [5.74, 6) is 0.679. The molecule has 0 aliphatic rings. The molecule has 1 N–H and O–H groups in total. The van der Waals surface area contributed by atoms with Crippen LogP contribution in [0.5, 0.6) is 0 Å². The fraction of sp³-hybridized carbons (Fsp3) is 0. The molecular formula is C10H8N4S. The molecule has 0 saturated carbocycles. The van der Waals surface area contributed by atoms with Gasteiger partial charge in [0.2, 0.25) is 0 Å². The van der Waals surface area contributed by atoms with E-state index in [1.165, 1.54) is 11.8 Å². The molecule has 0 fully saturated rings. The Hall–Kier alpha value is -1.88. The van der Waals surface area contributed by atoms with E-state index in [4.69, 9.17) is 0 Å². The third kappa shape index (κ3) is 2.32. The summed E-state index contributed by atoms with van der Waals surface area (Å²) in [5.41, 5.74) is 3.18. The van der Waals surface area contributed by atoms with Crippen molar-refractivity contribution >= 4 is 23.5 Å². The van der Waals surface area contributed by atoms with Gasteiger partial charge in [-0.05, 0) is 12.1 Å². The van der Waals surface area contributed by atoms with Crippen LogP contribution in [-0.2, 0) is 0 Å². The van der Waals surface area contributed by atoms with Gasteiger partial charge in [0.1, 0.15) is 12.1 Å². The predicted octanol–water partition coefficient (Wildman–Crippen LogP) is 1.91. The summed E-state index contributed by atoms with van der Waals surface area (Å²) in [6.07, 6.45) is 4.97. The molecule has 0 saturated heterocycles. The SMILES string of the molecule is S=CNc1cc(-c2cccnc2)ncn1. The van der Waals surface area contributed by atoms with Crippen molar-refractivity contribution in [1.82, 2.24) is 15.0 Å². The first kappa shape index (κ1) is 9.67. The second kappa shape index (κ2) is 4.56. The standard InChI is InChI=1S/C10H8N4S/c15-7-14-10-4-9(12-6-13-10)8-2-1-3-11-5-8/h1-7H,(H,12,13,14,15). The molecule has 15 heavy (non-hydrogen) atoms. The lowest BCUT2D eigenvalue weighted by Crippen LogP contribution is -1.96. The van der Waals surface area contributed by atoms with E-state index < -0.39 is 0 Å². The lowest BCUT2D eigenvalue weighted by Gasteiger charge is -2.01. The largest absolute Gasteiger partial charge is 0.337 e. The quantitative estimate of drug-likeness (QED) is 0.794. The summed E-state index contributed by atoms with van der Waals surface area (Å²) in [7, 11) is 0. The van der Waals surface area contributed by atoms with E-state index >= 15 is 0 Å². The predicted molar refractivity (Wildman–Crippen MR) is 62.5 cm³/mol. The van der Waals surface area contributed by atoms with Gasteiger partial charge in [0.25, 0.3) is 0 Å². The Morgan fingerprint density at radius 2 is 2.27 bits per heavy atom. The van der Waals surface area contributed by atoms with Crippen molar-refractivity contribution < 1.29 is 0 Å². The number of thiocarbonyl (C=S) groups is 1. The second-order valence-electron chi connectivity index (χ2n) is 2.79. The molecule has 0 unspecified atom stereocenters. The minimum absolute atomic E-state index is 0.679. The van der Waals surface area contributed by atoms with Crippen molar-refractivity contribution in [1.29, 1.82) is 0 Å². The molecule has 2 rings (SSSR count). The fourth-order valence-electron chi connectivity index (χ4n) is 1.17. The Balaban J connectivity index is 2.37. The highest BCUT2D eigenvalue weighted by atomic mass is 32.1. The smallest absolute Gasteiger partial charge is 0.134 e. The Labute approximate surface area is 92.4 Å². The van der Waals surface area contributed by atoms with E-state index in [2.05, 4.69) is 32.5 Å². The van der Waals surface area contributed by atoms with E-state index in [-0.39, 0.29) is 0 Å². The highest BCUT2D eigenvalue weighted by Crippen LogP contribution is 2.16. The maximum absolute atomic E-state index is 4.69. The van der Waals surface area contributed by atoms with Crippen molar-refractivity contribution in [3.8, 4) is 11.3 Å². The topological polar surface area (TPSA) is 50.7 Å². The number of nitrogens with one attached hydrogen (secondary N) is 1. The van der Waals surface area contributed by atoms with Crippen molar-refractivity contribution in [2.45, 2.75) is 0 Å². The van der Waals surface area contributed by atoms with Crippen LogP contribution in [0.2, 0.25) is 0 Å². The summed E-state index contributed by atoms with van der Waals surface area (Å²) in [5, 5.41) is 2.84. The van der Waals surface area contributed by atoms with Crippen LogP contribution in [-0.4, -0.2) is 20.4 Å². The average molecular weight is 216 g/mol. The second-order valence-corrected chi connectivity index (χ2v) is 3.03. The molecule has 74 valence electrons. The van der Waals surface area contributed by atoms with E-state index in [0.29, 0.717) is 5.82 Å². The minimum Gasteiger partial charge on any atom is -0.337 e. The fourth-order valence-corrected chi connectivity index (χ4v) is 1.29. The zero-order valence-electron chi connectivity index (χ0n) is 7.79. The Kier molecular flexibility index (Phi) is 2.94. The third-order valence-electron chi connectivity index (χ3n) is 1.83. The van der Waals surface area contributed by atoms with Gasteiger partial charge in [0.15, 0.2) is 0 Å². The van der Waals surface area contributed by atoms with Gasteiger partial charge in [-0.1, -0.05) is 12.2 Å². The lowest BCUT2D eigenvalue weighted by molar-refractivity contribution is 1.17. The van der Waals surface area contributed by atoms with Crippen LogP contribution >= 0.6 is 12.2 Å². The number of nitrogens with zero attached hydrogens (tertiary/aromatic N) is 3. The maximum atomic E-state index is 4.69. The third-order valence-corrected chi connectivity index (χ3v) is 1.95. The number of rotatable bonds is 3. The summed E-state index contributed by atoms with van der Waals surface area (Å²) in [6, 6.07) is 5.63. The van der Waals surface area contributed by atoms with Crippen LogP contribution in [0.15, 0.2) is 36.9 Å². The molecule has 4 nitrogen and oxygen atoms in total. The van der Waals surface area contributed by atoms with Crippen LogP contribution in [0.1, 0.15) is 0 Å². The molecule has 0 aromatic carbocycles. The molecule has 2 aromatic rings. The molecule has 2 aromatic heterocycles. The molecule has 0 radical (unpaired) electrons. The normalized spacial score (nSPS) is 9.60. The monoisotopic (exact) mass is 216 g/mol. The van der Waals surface area contributed by atoms with Crippen LogP contribution < -0.4 is 5.32 Å². The van der Waals surface area contributed by atoms with Gasteiger partial charge in [-0.2, -0.15) is 0 Å². The Bertz CT molecular complexity index is 458. The molecule has 5 heteroatoms. The molecule has 0 amide bonds. The number of hydrogen-bond donors (Lipinski definition) is 1. The Morgan fingerprint density at radius 1 is 1.33 bits per heavy atom. The number of aromatic nitrogens is 3. The highest BCUT2D eigenvalue weighted by molar-refractivity contribution is 7.79. The molecule has 0 spiro atoms. The van der Waals surface area contributed by atoms with E-state index in [9.17, 15) is 0 Å². The number of hydrogen-bond acceptors (Lipinski definition) is 4. The maximum Gasteiger partial charge on any atom is 0.134 e. The molecule has 0 aliphatic carbocycles. The van der Waals surface area contributed by atoms with E-state index in [1.807, 2.05) is 18.2 Å². The first-order valence-electron chi connectivity index (χ1n) is 4.33. The minimum atomic E-state index is 0.679. The molecular weight excluding hydrogens is 208 g/mol. The summed E-state index contributed by atoms with van der Waals surface area (Å²) in [4.78, 5) is 12.2. The summed E-state index contributed by atoms with van der Waals surface area (Å²) in [6.45, 7) is 0. The van der Waals surface area contributed by atoms with Gasteiger partial charge in [-0.25, -0.2) is 9.97 Å². The lowest BCUT2D eigenvalue weighted by atomic mass is 10.2. The van der Waals surface area contributed by atoms with Gasteiger partial charge in [-0.15, -0.1) is 0 Å². The first-order valence-corrected chi connectivity index (χ1v) is 4.80. The van der Waals surface area contributed by atoms with Gasteiger partial charge < -0.3 is 5.32 Å². The van der Waals surface area contributed by atoms with E-state index in [0.717, 1.165) is 11.3 Å². The van der Waals surface area contributed by atoms with Crippen molar-refractivity contribution in [2.75, 3.05) is 5.32 Å². The first-order chi connectivity index (χ1) is 7.40. The molecule has 0 bridgehead atoms. The van der Waals surface area contributed by atoms with Crippen molar-refractivity contribution in [3.05, 3.63) is 36.9 Å². The summed E-state index contributed by atoms with van der Waals surface area (Å²) >= 11 is 4.69. The zero-order valence-corrected chi connectivity index (χ0v) is 8.61. The van der Waals surface area contributed by atoms with Crippen LogP contribution in [0.3, 0.4) is 0 Å². The van der Waals surface area contributed by atoms with Gasteiger partial charge in [0, 0.05) is 24.0 Å². The molecule has 0 atom stereocenters. The van der Waals surface area contributed by atoms with Crippen LogP contribution in [0.4, 0.5) is 5.82 Å².